The van der Waals surface area contributed by atoms with Crippen LogP contribution in [0.15, 0.2) is 30.3 Å². The number of para-hydroxylation sites is 1. The summed E-state index contributed by atoms with van der Waals surface area (Å²) < 4.78 is 2.45. The van der Waals surface area contributed by atoms with Crippen molar-refractivity contribution in [2.45, 2.75) is 32.4 Å². The fourth-order valence-electron chi connectivity index (χ4n) is 3.58. The van der Waals surface area contributed by atoms with Gasteiger partial charge in [0.2, 0.25) is 0 Å². The number of likely N-dealkylation sites (N-methyl/N-ethyl adjacent to an activating group) is 2. The second-order valence-electron chi connectivity index (χ2n) is 6.54. The Morgan fingerprint density at radius 1 is 1.29 bits per heavy atom. The van der Waals surface area contributed by atoms with Crippen molar-refractivity contribution in [3.05, 3.63) is 36.0 Å². The minimum atomic E-state index is 0.748. The van der Waals surface area contributed by atoms with Gasteiger partial charge in [0, 0.05) is 36.9 Å². The first-order chi connectivity index (χ1) is 10.1. The lowest BCUT2D eigenvalue weighted by Crippen LogP contribution is -2.37. The summed E-state index contributed by atoms with van der Waals surface area (Å²) in [5.74, 6) is 0. The Balaban J connectivity index is 1.62. The molecule has 0 saturated carbocycles. The molecule has 21 heavy (non-hydrogen) atoms. The minimum absolute atomic E-state index is 0.748. The monoisotopic (exact) mass is 285 g/mol. The average Bonchev–Trinajstić information content (AvgIpc) is 3.00. The molecule has 2 heterocycles. The van der Waals surface area contributed by atoms with Crippen LogP contribution in [0.4, 0.5) is 0 Å². The van der Waals surface area contributed by atoms with Crippen molar-refractivity contribution in [3.63, 3.8) is 0 Å². The van der Waals surface area contributed by atoms with Gasteiger partial charge in [-0.2, -0.15) is 0 Å². The zero-order valence-electron chi connectivity index (χ0n) is 13.5. The first kappa shape index (κ1) is 14.6. The fraction of sp³-hybridized carbons (Fsp3) is 0.556. The molecule has 1 fully saturated rings. The molecule has 114 valence electrons. The molecule has 1 aliphatic rings. The van der Waals surface area contributed by atoms with Gasteiger partial charge in [-0.25, -0.2) is 0 Å². The summed E-state index contributed by atoms with van der Waals surface area (Å²) in [5.41, 5.74) is 2.73. The van der Waals surface area contributed by atoms with E-state index in [0.29, 0.717) is 0 Å². The fourth-order valence-corrected chi connectivity index (χ4v) is 3.58. The van der Waals surface area contributed by atoms with Crippen LogP contribution in [-0.4, -0.2) is 54.1 Å². The van der Waals surface area contributed by atoms with E-state index in [-0.39, 0.29) is 0 Å². The van der Waals surface area contributed by atoms with Crippen LogP contribution in [0.1, 0.15) is 18.5 Å². The maximum Gasteiger partial charge on any atom is 0.0482 e. The lowest BCUT2D eigenvalue weighted by atomic mass is 10.2. The Kier molecular flexibility index (Phi) is 4.32. The molecule has 0 spiro atoms. The number of aryl methyl sites for hydroxylation is 1. The standard InChI is InChI=1S/C18H27N3/c1-15-13-16-7-4-5-9-18(16)21(15)12-11-19(2)14-17-8-6-10-20(17)3/h4-5,7,9,13,17H,6,8,10-12,14H2,1-3H3/t17-/m1/s1. The molecule has 0 radical (unpaired) electrons. The van der Waals surface area contributed by atoms with E-state index in [9.17, 15) is 0 Å². The first-order valence-electron chi connectivity index (χ1n) is 8.09. The van der Waals surface area contributed by atoms with Crippen LogP contribution >= 0.6 is 0 Å². The maximum absolute atomic E-state index is 2.51. The molecule has 0 N–H and O–H groups in total. The van der Waals surface area contributed by atoms with Crippen molar-refractivity contribution in [2.24, 2.45) is 0 Å². The number of fused-ring (bicyclic) bond motifs is 1. The van der Waals surface area contributed by atoms with Crippen molar-refractivity contribution in [1.82, 2.24) is 14.4 Å². The molecule has 0 aliphatic carbocycles. The van der Waals surface area contributed by atoms with Gasteiger partial charge < -0.3 is 14.4 Å². The van der Waals surface area contributed by atoms with Crippen LogP contribution < -0.4 is 0 Å². The molecule has 1 atom stereocenters. The summed E-state index contributed by atoms with van der Waals surface area (Å²) in [5, 5.41) is 1.35. The number of hydrogen-bond acceptors (Lipinski definition) is 2. The molecule has 1 aromatic carbocycles. The molecule has 0 bridgehead atoms. The van der Waals surface area contributed by atoms with Gasteiger partial charge in [0.1, 0.15) is 0 Å². The first-order valence-corrected chi connectivity index (χ1v) is 8.09. The quantitative estimate of drug-likeness (QED) is 0.837. The van der Waals surface area contributed by atoms with E-state index in [4.69, 9.17) is 0 Å². The van der Waals surface area contributed by atoms with Crippen molar-refractivity contribution in [3.8, 4) is 0 Å². The van der Waals surface area contributed by atoms with Crippen molar-refractivity contribution in [1.29, 1.82) is 0 Å². The highest BCUT2D eigenvalue weighted by Crippen LogP contribution is 2.19. The molecular weight excluding hydrogens is 258 g/mol. The summed E-state index contributed by atoms with van der Waals surface area (Å²) in [7, 11) is 4.52. The third kappa shape index (κ3) is 3.14. The van der Waals surface area contributed by atoms with Gasteiger partial charge in [-0.15, -0.1) is 0 Å². The van der Waals surface area contributed by atoms with Gasteiger partial charge in [0.15, 0.2) is 0 Å². The molecule has 3 heteroatoms. The Morgan fingerprint density at radius 3 is 2.86 bits per heavy atom. The van der Waals surface area contributed by atoms with Gasteiger partial charge in [-0.05, 0) is 57.9 Å². The number of aromatic nitrogens is 1. The van der Waals surface area contributed by atoms with E-state index >= 15 is 0 Å². The van der Waals surface area contributed by atoms with Crippen molar-refractivity contribution >= 4 is 10.9 Å². The zero-order valence-corrected chi connectivity index (χ0v) is 13.5. The van der Waals surface area contributed by atoms with E-state index in [2.05, 4.69) is 65.7 Å². The van der Waals surface area contributed by atoms with Crippen LogP contribution in [0.5, 0.6) is 0 Å². The van der Waals surface area contributed by atoms with Crippen LogP contribution in [-0.2, 0) is 6.54 Å². The molecule has 3 nitrogen and oxygen atoms in total. The summed E-state index contributed by atoms with van der Waals surface area (Å²) in [6.45, 7) is 6.86. The molecule has 3 rings (SSSR count). The van der Waals surface area contributed by atoms with E-state index < -0.39 is 0 Å². The second-order valence-corrected chi connectivity index (χ2v) is 6.54. The van der Waals surface area contributed by atoms with E-state index in [0.717, 1.165) is 19.1 Å². The topological polar surface area (TPSA) is 11.4 Å². The predicted octanol–water partition coefficient (Wildman–Crippen LogP) is 2.98. The predicted molar refractivity (Wildman–Crippen MR) is 89.8 cm³/mol. The molecule has 2 aromatic rings. The Bertz CT molecular complexity index is 602. The van der Waals surface area contributed by atoms with Gasteiger partial charge in [0.05, 0.1) is 0 Å². The molecule has 1 aromatic heterocycles. The third-order valence-corrected chi connectivity index (χ3v) is 4.92. The Hall–Kier alpha value is -1.32. The summed E-state index contributed by atoms with van der Waals surface area (Å²) in [6.07, 6.45) is 2.71. The molecule has 0 unspecified atom stereocenters. The number of likely N-dealkylation sites (tertiary alicyclic amines) is 1. The van der Waals surface area contributed by atoms with Crippen LogP contribution in [0.2, 0.25) is 0 Å². The highest BCUT2D eigenvalue weighted by atomic mass is 15.2. The largest absolute Gasteiger partial charge is 0.344 e. The summed E-state index contributed by atoms with van der Waals surface area (Å²) in [4.78, 5) is 4.99. The minimum Gasteiger partial charge on any atom is -0.344 e. The van der Waals surface area contributed by atoms with Gasteiger partial charge in [0.25, 0.3) is 0 Å². The van der Waals surface area contributed by atoms with E-state index in [1.165, 1.54) is 42.5 Å². The van der Waals surface area contributed by atoms with E-state index in [1.54, 1.807) is 0 Å². The van der Waals surface area contributed by atoms with Crippen molar-refractivity contribution < 1.29 is 0 Å². The average molecular weight is 285 g/mol. The molecule has 1 saturated heterocycles. The number of nitrogens with zero attached hydrogens (tertiary/aromatic N) is 3. The number of rotatable bonds is 5. The van der Waals surface area contributed by atoms with Crippen LogP contribution in [0.25, 0.3) is 10.9 Å². The van der Waals surface area contributed by atoms with Crippen molar-refractivity contribution in [2.75, 3.05) is 33.7 Å². The molecular formula is C18H27N3. The van der Waals surface area contributed by atoms with Gasteiger partial charge >= 0.3 is 0 Å². The zero-order chi connectivity index (χ0) is 14.8. The highest BCUT2D eigenvalue weighted by molar-refractivity contribution is 5.81. The van der Waals surface area contributed by atoms with Crippen LogP contribution in [0.3, 0.4) is 0 Å². The molecule has 1 aliphatic heterocycles. The SMILES string of the molecule is Cc1cc2ccccc2n1CCN(C)C[C@H]1CCCN1C. The maximum atomic E-state index is 2.51. The summed E-state index contributed by atoms with van der Waals surface area (Å²) >= 11 is 0. The highest BCUT2D eigenvalue weighted by Gasteiger charge is 2.21. The Morgan fingerprint density at radius 2 is 2.10 bits per heavy atom. The second kappa shape index (κ2) is 6.20. The lowest BCUT2D eigenvalue weighted by molar-refractivity contribution is 0.216. The third-order valence-electron chi connectivity index (χ3n) is 4.92. The normalized spacial score (nSPS) is 19.9. The van der Waals surface area contributed by atoms with Crippen LogP contribution in [0, 0.1) is 6.92 Å². The van der Waals surface area contributed by atoms with Gasteiger partial charge in [-0.1, -0.05) is 18.2 Å². The number of hydrogen-bond donors (Lipinski definition) is 0. The lowest BCUT2D eigenvalue weighted by Gasteiger charge is -2.26. The smallest absolute Gasteiger partial charge is 0.0482 e. The van der Waals surface area contributed by atoms with Gasteiger partial charge in [-0.3, -0.25) is 0 Å². The number of benzene rings is 1. The van der Waals surface area contributed by atoms with E-state index in [1.807, 2.05) is 0 Å². The summed E-state index contributed by atoms with van der Waals surface area (Å²) in [6, 6.07) is 11.7. The molecule has 0 amide bonds. The Labute approximate surface area is 128 Å².